The topological polar surface area (TPSA) is 67.4 Å². The van der Waals surface area contributed by atoms with Gasteiger partial charge in [-0.05, 0) is 49.6 Å². The van der Waals surface area contributed by atoms with Crippen LogP contribution in [0, 0.1) is 0 Å². The van der Waals surface area contributed by atoms with Gasteiger partial charge in [-0.3, -0.25) is 9.59 Å². The molecule has 0 saturated carbocycles. The van der Waals surface area contributed by atoms with E-state index in [1.165, 1.54) is 0 Å². The molecular weight excluding hydrogens is 376 g/mol. The third kappa shape index (κ3) is 10.2. The number of anilines is 2. The van der Waals surface area contributed by atoms with E-state index < -0.39 is 0 Å². The fraction of sp³-hybridized carbons (Fsp3) is 0.440. The number of benzene rings is 2. The van der Waals surface area contributed by atoms with Gasteiger partial charge in [0.15, 0.2) is 0 Å². The summed E-state index contributed by atoms with van der Waals surface area (Å²) in [5.41, 5.74) is 2.78. The van der Waals surface area contributed by atoms with Crippen LogP contribution in [-0.2, 0) is 20.9 Å². The number of ether oxygens (including phenoxy) is 1. The monoisotopic (exact) mass is 410 g/mol. The third-order valence-electron chi connectivity index (χ3n) is 4.83. The van der Waals surface area contributed by atoms with E-state index in [9.17, 15) is 9.59 Å². The molecule has 162 valence electrons. The summed E-state index contributed by atoms with van der Waals surface area (Å²) in [6.45, 7) is 3.27. The second-order valence-electron chi connectivity index (χ2n) is 7.42. The van der Waals surface area contributed by atoms with Crippen molar-refractivity contribution in [3.05, 3.63) is 60.2 Å². The maximum atomic E-state index is 12.0. The number of amides is 2. The van der Waals surface area contributed by atoms with Gasteiger partial charge in [0, 0.05) is 30.8 Å². The van der Waals surface area contributed by atoms with Crippen LogP contribution in [0.5, 0.6) is 0 Å². The Morgan fingerprint density at radius 2 is 1.20 bits per heavy atom. The van der Waals surface area contributed by atoms with Gasteiger partial charge >= 0.3 is 0 Å². The summed E-state index contributed by atoms with van der Waals surface area (Å²) in [6, 6.07) is 17.3. The number of hydrogen-bond acceptors (Lipinski definition) is 3. The van der Waals surface area contributed by atoms with Gasteiger partial charge in [0.2, 0.25) is 11.8 Å². The number of rotatable bonds is 14. The summed E-state index contributed by atoms with van der Waals surface area (Å²) in [7, 11) is 0. The highest BCUT2D eigenvalue weighted by atomic mass is 16.5. The lowest BCUT2D eigenvalue weighted by atomic mass is 10.1. The number of carbonyl (C=O) groups excluding carboxylic acids is 2. The van der Waals surface area contributed by atoms with Crippen LogP contribution in [0.4, 0.5) is 11.4 Å². The van der Waals surface area contributed by atoms with Crippen LogP contribution in [0.2, 0.25) is 0 Å². The molecule has 0 saturated heterocycles. The number of carbonyl (C=O) groups is 2. The number of nitrogens with one attached hydrogen (secondary N) is 2. The van der Waals surface area contributed by atoms with Crippen molar-refractivity contribution in [2.45, 2.75) is 64.9 Å². The van der Waals surface area contributed by atoms with Gasteiger partial charge in [0.05, 0.1) is 6.61 Å². The van der Waals surface area contributed by atoms with Crippen LogP contribution in [0.3, 0.4) is 0 Å². The minimum Gasteiger partial charge on any atom is -0.377 e. The van der Waals surface area contributed by atoms with Crippen LogP contribution in [-0.4, -0.2) is 18.4 Å². The molecule has 0 aliphatic rings. The molecule has 0 aromatic heterocycles. The molecule has 0 aliphatic carbocycles. The van der Waals surface area contributed by atoms with Crippen molar-refractivity contribution < 1.29 is 14.3 Å². The Balaban J connectivity index is 1.46. The van der Waals surface area contributed by atoms with Crippen LogP contribution in [0.25, 0.3) is 0 Å². The van der Waals surface area contributed by atoms with Gasteiger partial charge in [-0.25, -0.2) is 0 Å². The standard InChI is InChI=1S/C25H34N2O3/c1-2-30-20-21-16-18-23(19-17-21)27-25(29)15-11-6-4-3-5-10-14-24(28)26-22-12-8-7-9-13-22/h7-9,12-13,16-19H,2-6,10-11,14-15,20H2,1H3,(H,26,28)(H,27,29). The first kappa shape index (κ1) is 23.6. The van der Waals surface area contributed by atoms with Crippen LogP contribution >= 0.6 is 0 Å². The van der Waals surface area contributed by atoms with Crippen molar-refractivity contribution in [3.63, 3.8) is 0 Å². The lowest BCUT2D eigenvalue weighted by Gasteiger charge is -2.07. The lowest BCUT2D eigenvalue weighted by molar-refractivity contribution is -0.117. The Labute approximate surface area is 180 Å². The summed E-state index contributed by atoms with van der Waals surface area (Å²) in [5.74, 6) is 0.133. The molecule has 0 aliphatic heterocycles. The molecule has 0 unspecified atom stereocenters. The van der Waals surface area contributed by atoms with E-state index in [2.05, 4.69) is 10.6 Å². The first-order valence-corrected chi connectivity index (χ1v) is 11.0. The quantitative estimate of drug-likeness (QED) is 0.380. The molecule has 0 fully saturated rings. The van der Waals surface area contributed by atoms with Crippen molar-refractivity contribution in [1.29, 1.82) is 0 Å². The Bertz CT molecular complexity index is 745. The highest BCUT2D eigenvalue weighted by Crippen LogP contribution is 2.13. The van der Waals surface area contributed by atoms with Crippen LogP contribution < -0.4 is 10.6 Å². The first-order chi connectivity index (χ1) is 14.7. The normalized spacial score (nSPS) is 10.6. The second kappa shape index (κ2) is 14.3. The van der Waals surface area contributed by atoms with Crippen LogP contribution in [0.1, 0.15) is 63.9 Å². The van der Waals surface area contributed by atoms with E-state index in [4.69, 9.17) is 4.74 Å². The zero-order chi connectivity index (χ0) is 21.4. The summed E-state index contributed by atoms with van der Waals surface area (Å²) < 4.78 is 5.37. The molecule has 0 bridgehead atoms. The maximum absolute atomic E-state index is 12.0. The van der Waals surface area contributed by atoms with Gasteiger partial charge in [-0.2, -0.15) is 0 Å². The SMILES string of the molecule is CCOCc1ccc(NC(=O)CCCCCCCCC(=O)Nc2ccccc2)cc1. The zero-order valence-corrected chi connectivity index (χ0v) is 18.0. The maximum Gasteiger partial charge on any atom is 0.224 e. The van der Waals surface area contributed by atoms with Crippen molar-refractivity contribution in [2.24, 2.45) is 0 Å². The molecule has 2 aromatic carbocycles. The van der Waals surface area contributed by atoms with E-state index in [-0.39, 0.29) is 11.8 Å². The molecule has 2 amide bonds. The second-order valence-corrected chi connectivity index (χ2v) is 7.42. The Hall–Kier alpha value is -2.66. The van der Waals surface area contributed by atoms with E-state index in [1.807, 2.05) is 61.5 Å². The molecule has 0 spiro atoms. The van der Waals surface area contributed by atoms with E-state index in [0.29, 0.717) is 26.1 Å². The van der Waals surface area contributed by atoms with Crippen molar-refractivity contribution in [3.8, 4) is 0 Å². The fourth-order valence-electron chi connectivity index (χ4n) is 3.15. The first-order valence-electron chi connectivity index (χ1n) is 11.0. The molecule has 30 heavy (non-hydrogen) atoms. The minimum absolute atomic E-state index is 0.0603. The lowest BCUT2D eigenvalue weighted by Crippen LogP contribution is -2.11. The molecule has 2 N–H and O–H groups in total. The molecule has 5 nitrogen and oxygen atoms in total. The highest BCUT2D eigenvalue weighted by molar-refractivity contribution is 5.91. The van der Waals surface area contributed by atoms with Gasteiger partial charge in [-0.15, -0.1) is 0 Å². The predicted octanol–water partition coefficient (Wildman–Crippen LogP) is 5.92. The van der Waals surface area contributed by atoms with E-state index in [0.717, 1.165) is 55.5 Å². The third-order valence-corrected chi connectivity index (χ3v) is 4.83. The summed E-state index contributed by atoms with van der Waals surface area (Å²) in [6.07, 6.45) is 7.17. The molecule has 2 rings (SSSR count). The number of para-hydroxylation sites is 1. The molecular formula is C25H34N2O3. The van der Waals surface area contributed by atoms with Crippen molar-refractivity contribution >= 4 is 23.2 Å². The number of unbranched alkanes of at least 4 members (excludes halogenated alkanes) is 5. The minimum atomic E-state index is 0.0603. The summed E-state index contributed by atoms with van der Waals surface area (Å²) in [4.78, 5) is 23.9. The average Bonchev–Trinajstić information content (AvgIpc) is 2.76. The van der Waals surface area contributed by atoms with Crippen molar-refractivity contribution in [2.75, 3.05) is 17.2 Å². The van der Waals surface area contributed by atoms with Crippen LogP contribution in [0.15, 0.2) is 54.6 Å². The molecule has 0 atom stereocenters. The van der Waals surface area contributed by atoms with Gasteiger partial charge in [-0.1, -0.05) is 56.0 Å². The number of hydrogen-bond donors (Lipinski definition) is 2. The zero-order valence-electron chi connectivity index (χ0n) is 18.0. The molecule has 0 heterocycles. The smallest absolute Gasteiger partial charge is 0.224 e. The van der Waals surface area contributed by atoms with Crippen molar-refractivity contribution in [1.82, 2.24) is 0 Å². The Morgan fingerprint density at radius 3 is 1.73 bits per heavy atom. The molecule has 0 radical (unpaired) electrons. The highest BCUT2D eigenvalue weighted by Gasteiger charge is 2.04. The summed E-state index contributed by atoms with van der Waals surface area (Å²) >= 11 is 0. The largest absolute Gasteiger partial charge is 0.377 e. The van der Waals surface area contributed by atoms with Gasteiger partial charge < -0.3 is 15.4 Å². The average molecular weight is 411 g/mol. The Kier molecular flexibility index (Phi) is 11.3. The van der Waals surface area contributed by atoms with Gasteiger partial charge in [0.25, 0.3) is 0 Å². The Morgan fingerprint density at radius 1 is 0.700 bits per heavy atom. The van der Waals surface area contributed by atoms with E-state index in [1.54, 1.807) is 0 Å². The fourth-order valence-corrected chi connectivity index (χ4v) is 3.15. The molecule has 2 aromatic rings. The predicted molar refractivity (Wildman–Crippen MR) is 122 cm³/mol. The van der Waals surface area contributed by atoms with Gasteiger partial charge in [0.1, 0.15) is 0 Å². The summed E-state index contributed by atoms with van der Waals surface area (Å²) in [5, 5.41) is 5.85. The van der Waals surface area contributed by atoms with E-state index >= 15 is 0 Å². The molecule has 5 heteroatoms.